The fourth-order valence-electron chi connectivity index (χ4n) is 3.79. The van der Waals surface area contributed by atoms with Gasteiger partial charge in [-0.2, -0.15) is 0 Å². The number of carboxylic acids is 1. The van der Waals surface area contributed by atoms with Crippen LogP contribution in [0.15, 0.2) is 42.6 Å². The molecule has 138 valence electrons. The molecular formula is C20H20N4O3. The third-order valence-electron chi connectivity index (χ3n) is 5.04. The number of carboxylic acid groups (broad SMARTS) is 1. The van der Waals surface area contributed by atoms with Crippen LogP contribution in [0.3, 0.4) is 0 Å². The minimum Gasteiger partial charge on any atom is -0.478 e. The average Bonchev–Trinajstić information content (AvgIpc) is 3.31. The van der Waals surface area contributed by atoms with Crippen molar-refractivity contribution in [2.75, 3.05) is 6.54 Å². The molecule has 3 aromatic rings. The summed E-state index contributed by atoms with van der Waals surface area (Å²) in [7, 11) is 0. The first kappa shape index (κ1) is 17.2. The first-order valence-corrected chi connectivity index (χ1v) is 9.05. The number of fused-ring (bicyclic) bond motifs is 1. The van der Waals surface area contributed by atoms with Crippen LogP contribution in [0.4, 0.5) is 0 Å². The number of para-hydroxylation sites is 2. The molecule has 7 heteroatoms. The maximum absolute atomic E-state index is 13.1. The van der Waals surface area contributed by atoms with Gasteiger partial charge < -0.3 is 14.6 Å². The smallest absolute Gasteiger partial charge is 0.335 e. The molecule has 1 saturated heterocycles. The number of pyridine rings is 1. The summed E-state index contributed by atoms with van der Waals surface area (Å²) in [5.74, 6) is -0.452. The second kappa shape index (κ2) is 6.83. The van der Waals surface area contributed by atoms with Crippen molar-refractivity contribution in [2.24, 2.45) is 0 Å². The SMILES string of the molecule is CCn1c(C2CCCN2C(=O)c2cc(C(=O)O)ccn2)nc2ccccc21. The van der Waals surface area contributed by atoms with Crippen LogP contribution in [0, 0.1) is 0 Å². The minimum atomic E-state index is -1.07. The lowest BCUT2D eigenvalue weighted by atomic mass is 10.1. The Labute approximate surface area is 156 Å². The number of imidazole rings is 1. The highest BCUT2D eigenvalue weighted by Gasteiger charge is 2.34. The Kier molecular flexibility index (Phi) is 4.35. The lowest BCUT2D eigenvalue weighted by molar-refractivity contribution is 0.0696. The Balaban J connectivity index is 1.72. The Morgan fingerprint density at radius 2 is 2.07 bits per heavy atom. The molecule has 0 aliphatic carbocycles. The highest BCUT2D eigenvalue weighted by Crippen LogP contribution is 2.34. The number of carbonyl (C=O) groups is 2. The minimum absolute atomic E-state index is 0.0601. The normalized spacial score (nSPS) is 16.8. The molecule has 1 atom stereocenters. The first-order chi connectivity index (χ1) is 13.1. The molecule has 7 nitrogen and oxygen atoms in total. The van der Waals surface area contributed by atoms with E-state index < -0.39 is 5.97 Å². The summed E-state index contributed by atoms with van der Waals surface area (Å²) in [6.45, 7) is 3.44. The van der Waals surface area contributed by atoms with Crippen LogP contribution in [0.25, 0.3) is 11.0 Å². The monoisotopic (exact) mass is 364 g/mol. The summed E-state index contributed by atoms with van der Waals surface area (Å²) in [5.41, 5.74) is 2.19. The van der Waals surface area contributed by atoms with Crippen LogP contribution in [0.1, 0.15) is 52.5 Å². The van der Waals surface area contributed by atoms with Crippen molar-refractivity contribution in [3.8, 4) is 0 Å². The van der Waals surface area contributed by atoms with Gasteiger partial charge in [-0.05, 0) is 44.0 Å². The fraction of sp³-hybridized carbons (Fsp3) is 0.300. The quantitative estimate of drug-likeness (QED) is 0.768. The van der Waals surface area contributed by atoms with Gasteiger partial charge in [-0.25, -0.2) is 9.78 Å². The maximum atomic E-state index is 13.1. The molecule has 0 bridgehead atoms. The zero-order valence-electron chi connectivity index (χ0n) is 15.0. The van der Waals surface area contributed by atoms with Gasteiger partial charge in [-0.1, -0.05) is 12.1 Å². The summed E-state index contributed by atoms with van der Waals surface area (Å²) in [4.78, 5) is 34.9. The van der Waals surface area contributed by atoms with Crippen LogP contribution < -0.4 is 0 Å². The zero-order chi connectivity index (χ0) is 19.0. The second-order valence-electron chi connectivity index (χ2n) is 6.59. The summed E-state index contributed by atoms with van der Waals surface area (Å²) in [5, 5.41) is 9.17. The number of amides is 1. The number of aryl methyl sites for hydroxylation is 1. The number of rotatable bonds is 4. The molecule has 1 N–H and O–H groups in total. The lowest BCUT2D eigenvalue weighted by Crippen LogP contribution is -2.32. The molecule has 1 aliphatic heterocycles. The van der Waals surface area contributed by atoms with E-state index in [9.17, 15) is 9.59 Å². The van der Waals surface area contributed by atoms with Gasteiger partial charge in [-0.3, -0.25) is 9.78 Å². The van der Waals surface area contributed by atoms with Crippen molar-refractivity contribution in [3.05, 3.63) is 59.7 Å². The molecule has 1 fully saturated rings. The Bertz CT molecular complexity index is 1030. The van der Waals surface area contributed by atoms with Crippen LogP contribution >= 0.6 is 0 Å². The van der Waals surface area contributed by atoms with Crippen LogP contribution in [0.5, 0.6) is 0 Å². The number of aromatic nitrogens is 3. The predicted molar refractivity (Wildman–Crippen MR) is 99.6 cm³/mol. The van der Waals surface area contributed by atoms with Crippen LogP contribution in [0.2, 0.25) is 0 Å². The van der Waals surface area contributed by atoms with Crippen molar-refractivity contribution < 1.29 is 14.7 Å². The van der Waals surface area contributed by atoms with Gasteiger partial charge in [0.15, 0.2) is 0 Å². The molecule has 0 radical (unpaired) electrons. The molecule has 2 aromatic heterocycles. The van der Waals surface area contributed by atoms with Crippen LogP contribution in [-0.2, 0) is 6.54 Å². The largest absolute Gasteiger partial charge is 0.478 e. The molecule has 27 heavy (non-hydrogen) atoms. The molecule has 0 saturated carbocycles. The van der Waals surface area contributed by atoms with Gasteiger partial charge in [0.05, 0.1) is 22.6 Å². The van der Waals surface area contributed by atoms with E-state index in [1.54, 1.807) is 4.90 Å². The van der Waals surface area contributed by atoms with Crippen molar-refractivity contribution in [2.45, 2.75) is 32.4 Å². The number of aromatic carboxylic acids is 1. The van der Waals surface area contributed by atoms with E-state index >= 15 is 0 Å². The van der Waals surface area contributed by atoms with Gasteiger partial charge in [0.25, 0.3) is 5.91 Å². The predicted octanol–water partition coefficient (Wildman–Crippen LogP) is 3.13. The molecule has 3 heterocycles. The second-order valence-corrected chi connectivity index (χ2v) is 6.59. The molecule has 1 aliphatic rings. The van der Waals surface area contributed by atoms with E-state index in [1.807, 2.05) is 24.3 Å². The van der Waals surface area contributed by atoms with E-state index in [1.165, 1.54) is 18.3 Å². The maximum Gasteiger partial charge on any atom is 0.335 e. The van der Waals surface area contributed by atoms with E-state index in [2.05, 4.69) is 16.5 Å². The van der Waals surface area contributed by atoms with E-state index in [0.29, 0.717) is 6.54 Å². The van der Waals surface area contributed by atoms with Crippen LogP contribution in [-0.4, -0.2) is 43.0 Å². The molecule has 1 unspecified atom stereocenters. The number of likely N-dealkylation sites (tertiary alicyclic amines) is 1. The molecule has 0 spiro atoms. The topological polar surface area (TPSA) is 88.3 Å². The Hall–Kier alpha value is -3.22. The Morgan fingerprint density at radius 1 is 1.26 bits per heavy atom. The highest BCUT2D eigenvalue weighted by molar-refractivity contribution is 5.96. The van der Waals surface area contributed by atoms with E-state index in [0.717, 1.165) is 36.2 Å². The van der Waals surface area contributed by atoms with Crippen molar-refractivity contribution in [1.82, 2.24) is 19.4 Å². The molecule has 1 aromatic carbocycles. The highest BCUT2D eigenvalue weighted by atomic mass is 16.4. The van der Waals surface area contributed by atoms with E-state index in [-0.39, 0.29) is 23.2 Å². The molecular weight excluding hydrogens is 344 g/mol. The zero-order valence-corrected chi connectivity index (χ0v) is 15.0. The fourth-order valence-corrected chi connectivity index (χ4v) is 3.79. The third-order valence-corrected chi connectivity index (χ3v) is 5.04. The van der Waals surface area contributed by atoms with Crippen molar-refractivity contribution in [1.29, 1.82) is 0 Å². The summed E-state index contributed by atoms with van der Waals surface area (Å²) >= 11 is 0. The number of benzene rings is 1. The standard InChI is InChI=1S/C20H20N4O3/c1-2-23-16-7-4-3-6-14(16)22-18(23)17-8-5-11-24(17)19(25)15-12-13(20(26)27)9-10-21-15/h3-4,6-7,9-10,12,17H,2,5,8,11H2,1H3,(H,26,27). The summed E-state index contributed by atoms with van der Waals surface area (Å²) in [6.07, 6.45) is 3.07. The summed E-state index contributed by atoms with van der Waals surface area (Å²) < 4.78 is 2.15. The number of nitrogens with zero attached hydrogens (tertiary/aromatic N) is 4. The van der Waals surface area contributed by atoms with Crippen molar-refractivity contribution >= 4 is 22.9 Å². The third kappa shape index (κ3) is 2.95. The van der Waals surface area contributed by atoms with Gasteiger partial charge >= 0.3 is 5.97 Å². The summed E-state index contributed by atoms with van der Waals surface area (Å²) in [6, 6.07) is 10.5. The van der Waals surface area contributed by atoms with Gasteiger partial charge in [0, 0.05) is 19.3 Å². The molecule has 1 amide bonds. The van der Waals surface area contributed by atoms with Gasteiger partial charge in [-0.15, -0.1) is 0 Å². The molecule has 4 rings (SSSR count). The first-order valence-electron chi connectivity index (χ1n) is 9.05. The van der Waals surface area contributed by atoms with E-state index in [4.69, 9.17) is 10.1 Å². The van der Waals surface area contributed by atoms with Gasteiger partial charge in [0.1, 0.15) is 11.5 Å². The average molecular weight is 364 g/mol. The Morgan fingerprint density at radius 3 is 2.85 bits per heavy atom. The lowest BCUT2D eigenvalue weighted by Gasteiger charge is -2.24. The van der Waals surface area contributed by atoms with Crippen molar-refractivity contribution in [3.63, 3.8) is 0 Å². The number of carbonyl (C=O) groups excluding carboxylic acids is 1. The number of hydrogen-bond donors (Lipinski definition) is 1. The number of hydrogen-bond acceptors (Lipinski definition) is 4. The van der Waals surface area contributed by atoms with Gasteiger partial charge in [0.2, 0.25) is 0 Å².